The number of hydrogen-bond donors (Lipinski definition) is 1. The Labute approximate surface area is 112 Å². The van der Waals surface area contributed by atoms with Gasteiger partial charge >= 0.3 is 0 Å². The Bertz CT molecular complexity index is 585. The molecule has 0 aliphatic carbocycles. The summed E-state index contributed by atoms with van der Waals surface area (Å²) in [7, 11) is 1.61. The zero-order chi connectivity index (χ0) is 13.2. The highest BCUT2D eigenvalue weighted by molar-refractivity contribution is 5.38. The quantitative estimate of drug-likeness (QED) is 0.903. The summed E-state index contributed by atoms with van der Waals surface area (Å²) in [6.45, 7) is 2.47. The molecule has 98 valence electrons. The molecule has 0 amide bonds. The third-order valence-electron chi connectivity index (χ3n) is 3.27. The van der Waals surface area contributed by atoms with Crippen molar-refractivity contribution in [1.82, 2.24) is 14.9 Å². The lowest BCUT2D eigenvalue weighted by atomic mass is 10.2. The standard InChI is InChI=1S/C14H16N4O/c1-19-13-11-8-18(7-10-5-3-2-4-6-10)9-12(11)16-14(15)17-13/h2-6H,7-9H2,1H3,(H2,15,16,17). The largest absolute Gasteiger partial charge is 0.481 e. The van der Waals surface area contributed by atoms with Crippen LogP contribution in [0.25, 0.3) is 0 Å². The van der Waals surface area contributed by atoms with Crippen LogP contribution in [-0.4, -0.2) is 22.0 Å². The number of benzene rings is 1. The summed E-state index contributed by atoms with van der Waals surface area (Å²) in [5, 5.41) is 0. The van der Waals surface area contributed by atoms with Crippen LogP contribution in [0, 0.1) is 0 Å². The van der Waals surface area contributed by atoms with Gasteiger partial charge in [0, 0.05) is 19.6 Å². The van der Waals surface area contributed by atoms with E-state index < -0.39 is 0 Å². The highest BCUT2D eigenvalue weighted by Crippen LogP contribution is 2.29. The molecule has 19 heavy (non-hydrogen) atoms. The van der Waals surface area contributed by atoms with Crippen LogP contribution in [0.2, 0.25) is 0 Å². The smallest absolute Gasteiger partial charge is 0.223 e. The minimum Gasteiger partial charge on any atom is -0.481 e. The van der Waals surface area contributed by atoms with Crippen molar-refractivity contribution in [3.8, 4) is 5.88 Å². The first-order valence-electron chi connectivity index (χ1n) is 6.22. The van der Waals surface area contributed by atoms with E-state index in [1.165, 1.54) is 5.56 Å². The molecule has 0 fully saturated rings. The number of aromatic nitrogens is 2. The van der Waals surface area contributed by atoms with Crippen molar-refractivity contribution in [3.63, 3.8) is 0 Å². The molecule has 5 heteroatoms. The Hall–Kier alpha value is -2.14. The highest BCUT2D eigenvalue weighted by Gasteiger charge is 2.25. The van der Waals surface area contributed by atoms with Gasteiger partial charge in [-0.2, -0.15) is 4.98 Å². The monoisotopic (exact) mass is 256 g/mol. The molecule has 1 aliphatic rings. The van der Waals surface area contributed by atoms with Gasteiger partial charge in [-0.1, -0.05) is 30.3 Å². The van der Waals surface area contributed by atoms with E-state index in [4.69, 9.17) is 10.5 Å². The lowest BCUT2D eigenvalue weighted by molar-refractivity contribution is 0.271. The van der Waals surface area contributed by atoms with Crippen molar-refractivity contribution in [3.05, 3.63) is 47.2 Å². The number of nitrogens with zero attached hydrogens (tertiary/aromatic N) is 3. The first-order chi connectivity index (χ1) is 9.26. The van der Waals surface area contributed by atoms with Gasteiger partial charge in [0.1, 0.15) is 0 Å². The van der Waals surface area contributed by atoms with Crippen LogP contribution < -0.4 is 10.5 Å². The highest BCUT2D eigenvalue weighted by atomic mass is 16.5. The minimum atomic E-state index is 0.275. The van der Waals surface area contributed by atoms with Crippen molar-refractivity contribution in [1.29, 1.82) is 0 Å². The molecule has 5 nitrogen and oxygen atoms in total. The Morgan fingerprint density at radius 2 is 2.00 bits per heavy atom. The number of rotatable bonds is 3. The number of nitrogen functional groups attached to an aromatic ring is 1. The molecule has 1 aliphatic heterocycles. The normalized spacial score (nSPS) is 14.4. The van der Waals surface area contributed by atoms with Gasteiger partial charge in [0.2, 0.25) is 11.8 Å². The van der Waals surface area contributed by atoms with Gasteiger partial charge in [0.05, 0.1) is 18.4 Å². The van der Waals surface area contributed by atoms with Gasteiger partial charge in [0.15, 0.2) is 0 Å². The number of hydrogen-bond acceptors (Lipinski definition) is 5. The van der Waals surface area contributed by atoms with E-state index in [1.807, 2.05) is 6.07 Å². The maximum atomic E-state index is 5.68. The SMILES string of the molecule is COc1nc(N)nc2c1CN(Cc1ccccc1)C2. The van der Waals surface area contributed by atoms with Gasteiger partial charge in [-0.15, -0.1) is 0 Å². The topological polar surface area (TPSA) is 64.3 Å². The Balaban J connectivity index is 1.81. The number of fused-ring (bicyclic) bond motifs is 1. The zero-order valence-electron chi connectivity index (χ0n) is 10.8. The number of nitrogens with two attached hydrogens (primary N) is 1. The third kappa shape index (κ3) is 2.37. The van der Waals surface area contributed by atoms with Gasteiger partial charge in [0.25, 0.3) is 0 Å². The lowest BCUT2D eigenvalue weighted by Crippen LogP contribution is -2.15. The molecular formula is C14H16N4O. The van der Waals surface area contributed by atoms with Crippen LogP contribution in [-0.2, 0) is 19.6 Å². The van der Waals surface area contributed by atoms with Crippen LogP contribution in [0.3, 0.4) is 0 Å². The fourth-order valence-electron chi connectivity index (χ4n) is 2.43. The Kier molecular flexibility index (Phi) is 3.05. The van der Waals surface area contributed by atoms with E-state index >= 15 is 0 Å². The molecule has 2 aromatic rings. The summed E-state index contributed by atoms with van der Waals surface area (Å²) < 4.78 is 5.28. The number of anilines is 1. The average Bonchev–Trinajstić information content (AvgIpc) is 2.81. The zero-order valence-corrected chi connectivity index (χ0v) is 10.8. The van der Waals surface area contributed by atoms with Gasteiger partial charge in [-0.25, -0.2) is 4.98 Å². The summed E-state index contributed by atoms with van der Waals surface area (Å²) in [5.41, 5.74) is 8.99. The van der Waals surface area contributed by atoms with E-state index in [0.29, 0.717) is 5.88 Å². The molecule has 0 bridgehead atoms. The second-order valence-corrected chi connectivity index (χ2v) is 4.65. The van der Waals surface area contributed by atoms with E-state index in [2.05, 4.69) is 39.1 Å². The second kappa shape index (κ2) is 4.85. The average molecular weight is 256 g/mol. The molecule has 3 rings (SSSR count). The molecule has 2 N–H and O–H groups in total. The fourth-order valence-corrected chi connectivity index (χ4v) is 2.43. The molecule has 0 unspecified atom stereocenters. The summed E-state index contributed by atoms with van der Waals surface area (Å²) in [4.78, 5) is 10.7. The summed E-state index contributed by atoms with van der Waals surface area (Å²) in [5.74, 6) is 0.871. The summed E-state index contributed by atoms with van der Waals surface area (Å²) in [6.07, 6.45) is 0. The van der Waals surface area contributed by atoms with Crippen LogP contribution in [0.4, 0.5) is 5.95 Å². The van der Waals surface area contributed by atoms with Gasteiger partial charge in [-0.05, 0) is 5.56 Å². The molecule has 1 aromatic heterocycles. The maximum Gasteiger partial charge on any atom is 0.223 e. The van der Waals surface area contributed by atoms with Crippen molar-refractivity contribution in [2.24, 2.45) is 0 Å². The number of methoxy groups -OCH3 is 1. The third-order valence-corrected chi connectivity index (χ3v) is 3.27. The molecule has 0 saturated carbocycles. The molecule has 2 heterocycles. The van der Waals surface area contributed by atoms with Crippen molar-refractivity contribution in [2.45, 2.75) is 19.6 Å². The van der Waals surface area contributed by atoms with Crippen LogP contribution in [0.5, 0.6) is 5.88 Å². The predicted molar refractivity (Wildman–Crippen MR) is 72.4 cm³/mol. The Morgan fingerprint density at radius 3 is 2.74 bits per heavy atom. The van der Waals surface area contributed by atoms with Crippen molar-refractivity contribution < 1.29 is 4.74 Å². The van der Waals surface area contributed by atoms with Crippen molar-refractivity contribution >= 4 is 5.95 Å². The van der Waals surface area contributed by atoms with Gasteiger partial charge < -0.3 is 10.5 Å². The first-order valence-corrected chi connectivity index (χ1v) is 6.22. The maximum absolute atomic E-state index is 5.68. The van der Waals surface area contributed by atoms with E-state index in [9.17, 15) is 0 Å². The Morgan fingerprint density at radius 1 is 1.21 bits per heavy atom. The molecule has 0 atom stereocenters. The van der Waals surface area contributed by atoms with Crippen molar-refractivity contribution in [2.75, 3.05) is 12.8 Å². The van der Waals surface area contributed by atoms with Gasteiger partial charge in [-0.3, -0.25) is 4.90 Å². The van der Waals surface area contributed by atoms with Crippen LogP contribution >= 0.6 is 0 Å². The first kappa shape index (κ1) is 11.9. The van der Waals surface area contributed by atoms with E-state index in [1.54, 1.807) is 7.11 Å². The lowest BCUT2D eigenvalue weighted by Gasteiger charge is -2.14. The van der Waals surface area contributed by atoms with Crippen LogP contribution in [0.1, 0.15) is 16.8 Å². The van der Waals surface area contributed by atoms with E-state index in [-0.39, 0.29) is 5.95 Å². The summed E-state index contributed by atoms with van der Waals surface area (Å²) >= 11 is 0. The van der Waals surface area contributed by atoms with Crippen LogP contribution in [0.15, 0.2) is 30.3 Å². The summed E-state index contributed by atoms with van der Waals surface area (Å²) in [6, 6.07) is 10.4. The molecule has 0 spiro atoms. The fraction of sp³-hybridized carbons (Fsp3) is 0.286. The molecule has 0 radical (unpaired) electrons. The number of ether oxygens (including phenoxy) is 1. The molecule has 0 saturated heterocycles. The minimum absolute atomic E-state index is 0.275. The second-order valence-electron chi connectivity index (χ2n) is 4.65. The molecular weight excluding hydrogens is 240 g/mol. The predicted octanol–water partition coefficient (Wildman–Crippen LogP) is 1.58. The molecule has 1 aromatic carbocycles. The van der Waals surface area contributed by atoms with E-state index in [0.717, 1.165) is 30.9 Å².